The molecule has 0 bridgehead atoms. The average molecular weight is 721 g/mol. The van der Waals surface area contributed by atoms with Gasteiger partial charge in [-0.15, -0.1) is 0 Å². The van der Waals surface area contributed by atoms with Crippen molar-refractivity contribution >= 4 is 70.8 Å². The zero-order valence-corrected chi connectivity index (χ0v) is 28.8. The summed E-state index contributed by atoms with van der Waals surface area (Å²) in [4.78, 5) is 63.3. The number of Topliss-reactive ketones (excluding diaryl/α,β-unsaturated/α-hetero) is 1. The normalized spacial score (nSPS) is 13.1. The molecule has 0 fully saturated rings. The molecule has 3 rings (SSSR count). The van der Waals surface area contributed by atoms with Crippen molar-refractivity contribution in [2.45, 2.75) is 51.9 Å². The SMILES string of the molecule is CC(C)[C@H](NC(=O)OCc1ccccc1)C(=O)N[C@@H](C)C(=O)N[C@@H](CC(=O)O)C(=O)COP(=O)(c1ccc(Cl)cc1)c1ccc(Cl)cc1. The van der Waals surface area contributed by atoms with E-state index in [-0.39, 0.29) is 17.2 Å². The van der Waals surface area contributed by atoms with Crippen LogP contribution < -0.4 is 26.6 Å². The molecule has 0 aliphatic rings. The lowest BCUT2D eigenvalue weighted by Crippen LogP contribution is -2.56. The Labute approximate surface area is 287 Å². The quantitative estimate of drug-likeness (QED) is 0.158. The van der Waals surface area contributed by atoms with Gasteiger partial charge in [0.1, 0.15) is 31.3 Å². The predicted molar refractivity (Wildman–Crippen MR) is 181 cm³/mol. The molecule has 3 amide bonds. The van der Waals surface area contributed by atoms with Crippen LogP contribution in [0.5, 0.6) is 0 Å². The summed E-state index contributed by atoms with van der Waals surface area (Å²) in [5, 5.41) is 17.9. The highest BCUT2D eigenvalue weighted by Crippen LogP contribution is 2.45. The molecule has 0 radical (unpaired) electrons. The number of carbonyl (C=O) groups is 5. The Hall–Kier alpha value is -4.22. The number of hydrogen-bond donors (Lipinski definition) is 4. The summed E-state index contributed by atoms with van der Waals surface area (Å²) in [6.07, 6.45) is -1.66. The fourth-order valence-corrected chi connectivity index (χ4v) is 6.58. The smallest absolute Gasteiger partial charge is 0.408 e. The van der Waals surface area contributed by atoms with E-state index in [2.05, 4.69) is 16.0 Å². The van der Waals surface area contributed by atoms with Crippen LogP contribution in [-0.4, -0.2) is 59.5 Å². The van der Waals surface area contributed by atoms with Crippen LogP contribution in [-0.2, 0) is 39.6 Å². The summed E-state index contributed by atoms with van der Waals surface area (Å²) in [7, 11) is -3.92. The van der Waals surface area contributed by atoms with Crippen LogP contribution in [0.25, 0.3) is 0 Å². The highest BCUT2D eigenvalue weighted by atomic mass is 35.5. The summed E-state index contributed by atoms with van der Waals surface area (Å²) < 4.78 is 25.1. The third-order valence-corrected chi connectivity index (χ3v) is 9.95. The average Bonchev–Trinajstić information content (AvgIpc) is 3.05. The number of alkyl carbamates (subject to hydrolysis) is 1. The molecule has 12 nitrogen and oxygen atoms in total. The highest BCUT2D eigenvalue weighted by Gasteiger charge is 2.33. The molecule has 0 saturated carbocycles. The lowest BCUT2D eigenvalue weighted by Gasteiger charge is -2.25. The maximum Gasteiger partial charge on any atom is 0.408 e. The molecule has 48 heavy (non-hydrogen) atoms. The van der Waals surface area contributed by atoms with E-state index < -0.39 is 74.1 Å². The maximum absolute atomic E-state index is 14.2. The van der Waals surface area contributed by atoms with E-state index >= 15 is 0 Å². The van der Waals surface area contributed by atoms with Crippen molar-refractivity contribution < 1.29 is 42.9 Å². The van der Waals surface area contributed by atoms with Gasteiger partial charge >= 0.3 is 12.1 Å². The fraction of sp³-hybridized carbons (Fsp3) is 0.303. The van der Waals surface area contributed by atoms with E-state index in [1.165, 1.54) is 55.5 Å². The number of aliphatic carboxylic acids is 1. The Morgan fingerprint density at radius 3 is 1.81 bits per heavy atom. The number of carbonyl (C=O) groups excluding carboxylic acids is 4. The standard InChI is InChI=1S/C33H36Cl2N3O9P/c1-20(2)30(38-33(44)46-18-22-7-5-4-6-8-22)32(43)36-21(3)31(42)37-27(17-29(40)41)28(39)19-47-48(45,25-13-9-23(34)10-14-25)26-15-11-24(35)12-16-26/h4-16,20-21,27,30H,17-19H2,1-3H3,(H,36,43)(H,37,42)(H,38,44)(H,40,41)/t21-,27-,30-/m0/s1. The van der Waals surface area contributed by atoms with Gasteiger partial charge in [0.05, 0.1) is 6.42 Å². The van der Waals surface area contributed by atoms with Crippen LogP contribution in [0, 0.1) is 5.92 Å². The number of rotatable bonds is 16. The lowest BCUT2D eigenvalue weighted by molar-refractivity contribution is -0.141. The number of hydrogen-bond acceptors (Lipinski definition) is 8. The first-order valence-corrected chi connectivity index (χ1v) is 17.2. The van der Waals surface area contributed by atoms with Gasteiger partial charge < -0.3 is 30.3 Å². The van der Waals surface area contributed by atoms with Crippen LogP contribution in [0.1, 0.15) is 32.8 Å². The molecule has 3 aromatic rings. The molecule has 0 aromatic heterocycles. The Bertz CT molecular complexity index is 1590. The van der Waals surface area contributed by atoms with Gasteiger partial charge in [-0.25, -0.2) is 4.79 Å². The Morgan fingerprint density at radius 2 is 1.31 bits per heavy atom. The minimum atomic E-state index is -3.92. The summed E-state index contributed by atoms with van der Waals surface area (Å²) in [5.74, 6) is -4.27. The molecule has 0 aliphatic carbocycles. The van der Waals surface area contributed by atoms with Gasteiger partial charge in [-0.2, -0.15) is 0 Å². The number of ketones is 1. The van der Waals surface area contributed by atoms with Crippen molar-refractivity contribution in [3.63, 3.8) is 0 Å². The van der Waals surface area contributed by atoms with Crippen LogP contribution in [0.15, 0.2) is 78.9 Å². The zero-order chi connectivity index (χ0) is 35.4. The molecule has 0 aliphatic heterocycles. The second-order valence-electron chi connectivity index (χ2n) is 11.1. The molecule has 0 saturated heterocycles. The summed E-state index contributed by atoms with van der Waals surface area (Å²) in [5.41, 5.74) is 0.747. The van der Waals surface area contributed by atoms with Crippen molar-refractivity contribution in [3.8, 4) is 0 Å². The lowest BCUT2D eigenvalue weighted by atomic mass is 10.0. The van der Waals surface area contributed by atoms with Gasteiger partial charge in [-0.3, -0.25) is 23.7 Å². The van der Waals surface area contributed by atoms with Crippen LogP contribution in [0.2, 0.25) is 10.0 Å². The third-order valence-electron chi connectivity index (χ3n) is 6.99. The number of carboxylic acids is 1. The van der Waals surface area contributed by atoms with E-state index in [0.717, 1.165) is 5.56 Å². The van der Waals surface area contributed by atoms with E-state index in [1.54, 1.807) is 38.1 Å². The maximum atomic E-state index is 14.2. The molecular formula is C33H36Cl2N3O9P. The third kappa shape index (κ3) is 11.2. The first-order chi connectivity index (χ1) is 22.7. The minimum Gasteiger partial charge on any atom is -0.481 e. The van der Waals surface area contributed by atoms with Gasteiger partial charge in [0.15, 0.2) is 5.78 Å². The molecule has 3 aromatic carbocycles. The topological polar surface area (TPSA) is 177 Å². The first kappa shape index (κ1) is 38.2. The number of benzene rings is 3. The molecule has 3 atom stereocenters. The van der Waals surface area contributed by atoms with Crippen molar-refractivity contribution in [1.29, 1.82) is 0 Å². The van der Waals surface area contributed by atoms with Crippen molar-refractivity contribution in [3.05, 3.63) is 94.5 Å². The number of amides is 3. The largest absolute Gasteiger partial charge is 0.481 e. The summed E-state index contributed by atoms with van der Waals surface area (Å²) in [6.45, 7) is 3.84. The van der Waals surface area contributed by atoms with E-state index in [0.29, 0.717) is 10.0 Å². The molecule has 0 heterocycles. The Morgan fingerprint density at radius 1 is 0.771 bits per heavy atom. The Balaban J connectivity index is 1.67. The second kappa shape index (κ2) is 17.8. The van der Waals surface area contributed by atoms with Crippen LogP contribution in [0.3, 0.4) is 0 Å². The Kier molecular flexibility index (Phi) is 14.2. The van der Waals surface area contributed by atoms with Crippen LogP contribution >= 0.6 is 30.6 Å². The number of ether oxygens (including phenoxy) is 1. The predicted octanol–water partition coefficient (Wildman–Crippen LogP) is 4.22. The van der Waals surface area contributed by atoms with Gasteiger partial charge in [0, 0.05) is 20.7 Å². The van der Waals surface area contributed by atoms with Crippen LogP contribution in [0.4, 0.5) is 4.79 Å². The highest BCUT2D eigenvalue weighted by molar-refractivity contribution is 7.74. The fourth-order valence-electron chi connectivity index (χ4n) is 4.34. The van der Waals surface area contributed by atoms with Crippen molar-refractivity contribution in [2.75, 3.05) is 6.61 Å². The summed E-state index contributed by atoms with van der Waals surface area (Å²) >= 11 is 12.0. The molecule has 0 unspecified atom stereocenters. The molecule has 4 N–H and O–H groups in total. The van der Waals surface area contributed by atoms with Crippen molar-refractivity contribution in [2.24, 2.45) is 5.92 Å². The van der Waals surface area contributed by atoms with Gasteiger partial charge in [-0.05, 0) is 66.9 Å². The summed E-state index contributed by atoms with van der Waals surface area (Å²) in [6, 6.07) is 16.9. The monoisotopic (exact) mass is 719 g/mol. The second-order valence-corrected chi connectivity index (χ2v) is 14.3. The van der Waals surface area contributed by atoms with Gasteiger partial charge in [0.25, 0.3) is 7.37 Å². The van der Waals surface area contributed by atoms with Gasteiger partial charge in [0.2, 0.25) is 11.8 Å². The minimum absolute atomic E-state index is 0.0184. The molecule has 0 spiro atoms. The molecule has 256 valence electrons. The molecule has 15 heteroatoms. The zero-order valence-electron chi connectivity index (χ0n) is 26.4. The number of nitrogens with one attached hydrogen (secondary N) is 3. The van der Waals surface area contributed by atoms with Crippen molar-refractivity contribution in [1.82, 2.24) is 16.0 Å². The molecular weight excluding hydrogens is 684 g/mol. The van der Waals surface area contributed by atoms with E-state index in [9.17, 15) is 33.6 Å². The van der Waals surface area contributed by atoms with E-state index in [4.69, 9.17) is 32.5 Å². The number of halogens is 2. The number of carboxylic acid groups (broad SMARTS) is 1. The van der Waals surface area contributed by atoms with E-state index in [1.807, 2.05) is 6.07 Å². The first-order valence-electron chi connectivity index (χ1n) is 14.8. The van der Waals surface area contributed by atoms with Gasteiger partial charge in [-0.1, -0.05) is 67.4 Å².